The van der Waals surface area contributed by atoms with Crippen LogP contribution in [-0.4, -0.2) is 30.5 Å². The summed E-state index contributed by atoms with van der Waals surface area (Å²) >= 11 is 0. The molecule has 0 spiro atoms. The zero-order valence-corrected chi connectivity index (χ0v) is 11.5. The number of amides is 1. The molecule has 1 saturated heterocycles. The van der Waals surface area contributed by atoms with Crippen LogP contribution in [-0.2, 0) is 14.8 Å². The third kappa shape index (κ3) is 2.18. The van der Waals surface area contributed by atoms with E-state index in [2.05, 4.69) is 0 Å². The van der Waals surface area contributed by atoms with Crippen LogP contribution in [0.5, 0.6) is 0 Å². The van der Waals surface area contributed by atoms with Crippen LogP contribution >= 0.6 is 0 Å². The maximum Gasteiger partial charge on any atom is 0.271 e. The van der Waals surface area contributed by atoms with E-state index >= 15 is 0 Å². The molecule has 2 unspecified atom stereocenters. The van der Waals surface area contributed by atoms with Crippen molar-refractivity contribution < 1.29 is 22.0 Å². The summed E-state index contributed by atoms with van der Waals surface area (Å²) in [6, 6.07) is 3.26. The number of halogens is 2. The number of rotatable bonds is 3. The molecule has 8 heteroatoms. The van der Waals surface area contributed by atoms with E-state index in [1.54, 1.807) is 0 Å². The number of alkyl halides is 1. The predicted octanol–water partition coefficient (Wildman–Crippen LogP) is 1.15. The number of carbonyl (C=O) groups is 1. The van der Waals surface area contributed by atoms with Crippen molar-refractivity contribution >= 4 is 15.9 Å². The van der Waals surface area contributed by atoms with Gasteiger partial charge in [0.05, 0.1) is 4.90 Å². The third-order valence-corrected chi connectivity index (χ3v) is 5.43. The molecule has 1 heterocycles. The predicted molar refractivity (Wildman–Crippen MR) is 67.2 cm³/mol. The highest BCUT2D eigenvalue weighted by Crippen LogP contribution is 2.39. The number of benzene rings is 1. The Kier molecular flexibility index (Phi) is 3.55. The third-order valence-electron chi connectivity index (χ3n) is 3.39. The first-order valence-corrected chi connectivity index (χ1v) is 7.42. The minimum absolute atomic E-state index is 0.180. The van der Waals surface area contributed by atoms with Crippen molar-refractivity contribution in [1.29, 1.82) is 0 Å². The van der Waals surface area contributed by atoms with Crippen molar-refractivity contribution in [3.8, 4) is 0 Å². The topological polar surface area (TPSA) is 80.5 Å². The molecule has 110 valence electrons. The maximum atomic E-state index is 14.6. The molecule has 1 fully saturated rings. The van der Waals surface area contributed by atoms with Gasteiger partial charge in [-0.3, -0.25) is 4.79 Å². The molecule has 1 aliphatic heterocycles. The fourth-order valence-corrected chi connectivity index (χ4v) is 4.20. The Labute approximate surface area is 115 Å². The smallest absolute Gasteiger partial charge is 0.271 e. The molecule has 0 bridgehead atoms. The Morgan fingerprint density at radius 3 is 2.45 bits per heavy atom. The van der Waals surface area contributed by atoms with Gasteiger partial charge in [0, 0.05) is 12.5 Å². The summed E-state index contributed by atoms with van der Waals surface area (Å²) in [5, 5.41) is 0. The van der Waals surface area contributed by atoms with Gasteiger partial charge >= 0.3 is 0 Å². The lowest BCUT2D eigenvalue weighted by molar-refractivity contribution is -0.135. The Balaban J connectivity index is 2.52. The number of hydrogen-bond donors (Lipinski definition) is 1. The van der Waals surface area contributed by atoms with Crippen LogP contribution in [0.15, 0.2) is 29.2 Å². The molecule has 2 atom stereocenters. The molecule has 0 radical (unpaired) electrons. The highest BCUT2D eigenvalue weighted by atomic mass is 32.2. The minimum atomic E-state index is -4.27. The number of carbonyl (C=O) groups excluding carboxylic acids is 1. The number of sulfonamides is 1. The molecule has 0 aromatic heterocycles. The Bertz CT molecular complexity index is 633. The summed E-state index contributed by atoms with van der Waals surface area (Å²) in [5.74, 6) is -4.69. The van der Waals surface area contributed by atoms with Crippen molar-refractivity contribution in [3.05, 3.63) is 30.1 Å². The van der Waals surface area contributed by atoms with Crippen LogP contribution in [0.2, 0.25) is 0 Å². The molecule has 0 aliphatic carbocycles. The zero-order valence-electron chi connectivity index (χ0n) is 10.7. The van der Waals surface area contributed by atoms with Crippen LogP contribution in [0, 0.1) is 5.82 Å². The highest BCUT2D eigenvalue weighted by Gasteiger charge is 2.56. The average molecular weight is 304 g/mol. The lowest BCUT2D eigenvalue weighted by Gasteiger charge is -2.30. The van der Waals surface area contributed by atoms with Crippen LogP contribution in [0.25, 0.3) is 0 Å². The monoisotopic (exact) mass is 304 g/mol. The van der Waals surface area contributed by atoms with Gasteiger partial charge in [-0.25, -0.2) is 17.2 Å². The molecular formula is C12H14F2N2O3S. The normalized spacial score (nSPS) is 27.6. The quantitative estimate of drug-likeness (QED) is 0.851. The van der Waals surface area contributed by atoms with Gasteiger partial charge in [0.25, 0.3) is 11.7 Å². The minimum Gasteiger partial charge on any atom is -0.366 e. The van der Waals surface area contributed by atoms with Gasteiger partial charge in [-0.15, -0.1) is 0 Å². The van der Waals surface area contributed by atoms with Gasteiger partial charge in [-0.2, -0.15) is 4.31 Å². The lowest BCUT2D eigenvalue weighted by atomic mass is 10.2. The number of hydrogen-bond acceptors (Lipinski definition) is 3. The van der Waals surface area contributed by atoms with E-state index in [0.717, 1.165) is 24.3 Å². The molecule has 0 saturated carbocycles. The summed E-state index contributed by atoms with van der Waals surface area (Å²) in [6.07, 6.45) is -0.107. The zero-order chi connectivity index (χ0) is 15.1. The van der Waals surface area contributed by atoms with Crippen molar-refractivity contribution in [2.75, 3.05) is 0 Å². The van der Waals surface area contributed by atoms with E-state index in [1.165, 1.54) is 6.92 Å². The van der Waals surface area contributed by atoms with Crippen molar-refractivity contribution in [1.82, 2.24) is 4.31 Å². The summed E-state index contributed by atoms with van der Waals surface area (Å²) in [6.45, 7) is 1.49. The average Bonchev–Trinajstić information content (AvgIpc) is 2.67. The molecule has 1 aromatic carbocycles. The molecule has 2 N–H and O–H groups in total. The lowest BCUT2D eigenvalue weighted by Crippen LogP contribution is -2.54. The maximum absolute atomic E-state index is 14.6. The van der Waals surface area contributed by atoms with E-state index in [4.69, 9.17) is 5.73 Å². The summed E-state index contributed by atoms with van der Waals surface area (Å²) < 4.78 is 52.8. The molecule has 5 nitrogen and oxygen atoms in total. The fraction of sp³-hybridized carbons (Fsp3) is 0.417. The summed E-state index contributed by atoms with van der Waals surface area (Å²) in [4.78, 5) is 11.0. The van der Waals surface area contributed by atoms with Gasteiger partial charge in [0.2, 0.25) is 10.0 Å². The standard InChI is InChI=1S/C12H14F2N2O3S/c1-8-6-7-12(14,11(15)17)16(8)20(18,19)10-4-2-9(13)3-5-10/h2-5,8H,6-7H2,1H3,(H2,15,17). The van der Waals surface area contributed by atoms with Crippen molar-refractivity contribution in [3.63, 3.8) is 0 Å². The van der Waals surface area contributed by atoms with E-state index in [-0.39, 0.29) is 17.7 Å². The molecule has 20 heavy (non-hydrogen) atoms. The Morgan fingerprint density at radius 1 is 1.40 bits per heavy atom. The molecule has 2 rings (SSSR count). The van der Waals surface area contributed by atoms with E-state index in [1.807, 2.05) is 0 Å². The largest absolute Gasteiger partial charge is 0.366 e. The fourth-order valence-electron chi connectivity index (χ4n) is 2.36. The van der Waals surface area contributed by atoms with E-state index < -0.39 is 33.6 Å². The van der Waals surface area contributed by atoms with Crippen molar-refractivity contribution in [2.24, 2.45) is 5.73 Å². The molecular weight excluding hydrogens is 290 g/mol. The van der Waals surface area contributed by atoms with E-state index in [9.17, 15) is 22.0 Å². The van der Waals surface area contributed by atoms with Crippen molar-refractivity contribution in [2.45, 2.75) is 36.5 Å². The second-order valence-electron chi connectivity index (χ2n) is 4.77. The van der Waals surface area contributed by atoms with Gasteiger partial charge in [0.15, 0.2) is 0 Å². The molecule has 1 amide bonds. The Hall–Kier alpha value is -1.54. The number of nitrogens with zero attached hydrogens (tertiary/aromatic N) is 1. The van der Waals surface area contributed by atoms with Crippen LogP contribution in [0.1, 0.15) is 19.8 Å². The van der Waals surface area contributed by atoms with E-state index in [0.29, 0.717) is 4.31 Å². The second kappa shape index (κ2) is 4.78. The van der Waals surface area contributed by atoms with Crippen LogP contribution in [0.3, 0.4) is 0 Å². The van der Waals surface area contributed by atoms with Crippen LogP contribution in [0.4, 0.5) is 8.78 Å². The van der Waals surface area contributed by atoms with Gasteiger partial charge < -0.3 is 5.73 Å². The van der Waals surface area contributed by atoms with Gasteiger partial charge in [-0.05, 0) is 37.6 Å². The first-order chi connectivity index (χ1) is 9.19. The highest BCUT2D eigenvalue weighted by molar-refractivity contribution is 7.89. The number of primary amides is 1. The second-order valence-corrected chi connectivity index (χ2v) is 6.58. The first-order valence-electron chi connectivity index (χ1n) is 5.98. The van der Waals surface area contributed by atoms with Gasteiger partial charge in [0.1, 0.15) is 5.82 Å². The molecule has 1 aromatic rings. The van der Waals surface area contributed by atoms with Gasteiger partial charge in [-0.1, -0.05) is 0 Å². The Morgan fingerprint density at radius 2 is 1.95 bits per heavy atom. The first kappa shape index (κ1) is 14.9. The summed E-state index contributed by atoms with van der Waals surface area (Å²) in [5.41, 5.74) is 5.00. The van der Waals surface area contributed by atoms with Crippen LogP contribution < -0.4 is 5.73 Å². The SMILES string of the molecule is CC1CCC(F)(C(N)=O)N1S(=O)(=O)c1ccc(F)cc1. The number of nitrogens with two attached hydrogens (primary N) is 1. The summed E-state index contributed by atoms with van der Waals surface area (Å²) in [7, 11) is -4.27. The molecule has 1 aliphatic rings.